The van der Waals surface area contributed by atoms with E-state index in [9.17, 15) is 9.59 Å². The van der Waals surface area contributed by atoms with Crippen LogP contribution in [0.4, 0.5) is 11.4 Å². The molecule has 0 saturated carbocycles. The van der Waals surface area contributed by atoms with Crippen molar-refractivity contribution in [2.75, 3.05) is 36.4 Å². The predicted octanol–water partition coefficient (Wildman–Crippen LogP) is 3.91. The first-order valence-electron chi connectivity index (χ1n) is 10.2. The van der Waals surface area contributed by atoms with Crippen molar-refractivity contribution in [3.63, 3.8) is 0 Å². The van der Waals surface area contributed by atoms with Crippen molar-refractivity contribution in [3.8, 4) is 0 Å². The highest BCUT2D eigenvalue weighted by atomic mass is 16.2. The lowest BCUT2D eigenvalue weighted by Gasteiger charge is -2.37. The Labute approximate surface area is 173 Å². The van der Waals surface area contributed by atoms with Gasteiger partial charge >= 0.3 is 0 Å². The standard InChI is InChI=1S/C24H31N3O2/c1-16-13-18(3)24(19(4)14-16)25-22(28)15-23(29)27-11-9-26(10-12-27)21-8-6-7-17(2)20(21)5/h6-8,13-14H,9-12,15H2,1-5H3,(H,25,28). The molecule has 0 spiro atoms. The monoisotopic (exact) mass is 393 g/mol. The topological polar surface area (TPSA) is 52.7 Å². The third-order valence-corrected chi connectivity index (χ3v) is 5.80. The first-order valence-corrected chi connectivity index (χ1v) is 10.2. The molecule has 0 atom stereocenters. The first-order chi connectivity index (χ1) is 13.8. The van der Waals surface area contributed by atoms with Crippen LogP contribution >= 0.6 is 0 Å². The van der Waals surface area contributed by atoms with Gasteiger partial charge in [-0.25, -0.2) is 0 Å². The van der Waals surface area contributed by atoms with Gasteiger partial charge in [0.1, 0.15) is 6.42 Å². The number of rotatable bonds is 4. The Balaban J connectivity index is 1.56. The molecule has 1 heterocycles. The summed E-state index contributed by atoms with van der Waals surface area (Å²) in [6.07, 6.45) is -0.115. The highest BCUT2D eigenvalue weighted by molar-refractivity contribution is 6.04. The molecule has 0 radical (unpaired) electrons. The van der Waals surface area contributed by atoms with Crippen LogP contribution in [-0.4, -0.2) is 42.9 Å². The van der Waals surface area contributed by atoms with Crippen molar-refractivity contribution in [2.45, 2.75) is 41.0 Å². The minimum absolute atomic E-state index is 0.106. The quantitative estimate of drug-likeness (QED) is 0.802. The van der Waals surface area contributed by atoms with Gasteiger partial charge in [-0.15, -0.1) is 0 Å². The van der Waals surface area contributed by atoms with E-state index in [0.717, 1.165) is 35.5 Å². The summed E-state index contributed by atoms with van der Waals surface area (Å²) in [4.78, 5) is 29.2. The lowest BCUT2D eigenvalue weighted by molar-refractivity contribution is -0.134. The minimum atomic E-state index is -0.248. The maximum atomic E-state index is 12.6. The van der Waals surface area contributed by atoms with Crippen LogP contribution in [0.3, 0.4) is 0 Å². The Bertz CT molecular complexity index is 905. The number of benzene rings is 2. The lowest BCUT2D eigenvalue weighted by atomic mass is 10.0. The molecule has 0 unspecified atom stereocenters. The van der Waals surface area contributed by atoms with Gasteiger partial charge in [-0.3, -0.25) is 9.59 Å². The molecule has 2 aromatic carbocycles. The Morgan fingerprint density at radius 1 is 0.897 bits per heavy atom. The second kappa shape index (κ2) is 8.68. The van der Waals surface area contributed by atoms with E-state index >= 15 is 0 Å². The molecule has 2 amide bonds. The second-order valence-electron chi connectivity index (χ2n) is 8.09. The Hall–Kier alpha value is -2.82. The van der Waals surface area contributed by atoms with E-state index in [1.54, 1.807) is 4.90 Å². The number of carbonyl (C=O) groups is 2. The summed E-state index contributed by atoms with van der Waals surface area (Å²) in [6.45, 7) is 13.1. The smallest absolute Gasteiger partial charge is 0.233 e. The minimum Gasteiger partial charge on any atom is -0.368 e. The third-order valence-electron chi connectivity index (χ3n) is 5.80. The first kappa shape index (κ1) is 20.9. The molecule has 3 rings (SSSR count). The molecular formula is C24H31N3O2. The Morgan fingerprint density at radius 3 is 2.14 bits per heavy atom. The third kappa shape index (κ3) is 4.78. The number of anilines is 2. The van der Waals surface area contributed by atoms with Crippen molar-refractivity contribution < 1.29 is 9.59 Å². The van der Waals surface area contributed by atoms with Crippen molar-refractivity contribution in [3.05, 3.63) is 58.1 Å². The van der Waals surface area contributed by atoms with Crippen LogP contribution in [-0.2, 0) is 9.59 Å². The average molecular weight is 394 g/mol. The summed E-state index contributed by atoms with van der Waals surface area (Å²) in [5.74, 6) is -0.354. The summed E-state index contributed by atoms with van der Waals surface area (Å²) in [5.41, 5.74) is 7.81. The van der Waals surface area contributed by atoms with Crippen LogP contribution in [0.25, 0.3) is 0 Å². The van der Waals surface area contributed by atoms with Crippen molar-refractivity contribution in [1.29, 1.82) is 0 Å². The average Bonchev–Trinajstić information content (AvgIpc) is 2.67. The van der Waals surface area contributed by atoms with E-state index in [-0.39, 0.29) is 18.2 Å². The molecule has 154 valence electrons. The number of aryl methyl sites for hydroxylation is 4. The maximum absolute atomic E-state index is 12.6. The van der Waals surface area contributed by atoms with Gasteiger partial charge in [0.05, 0.1) is 0 Å². The van der Waals surface area contributed by atoms with Gasteiger partial charge in [-0.2, -0.15) is 0 Å². The SMILES string of the molecule is Cc1cc(C)c(NC(=O)CC(=O)N2CCN(c3cccc(C)c3C)CC2)c(C)c1. The van der Waals surface area contributed by atoms with Gasteiger partial charge in [0, 0.05) is 37.6 Å². The second-order valence-corrected chi connectivity index (χ2v) is 8.09. The van der Waals surface area contributed by atoms with Gasteiger partial charge in [-0.1, -0.05) is 29.8 Å². The molecule has 0 bridgehead atoms. The van der Waals surface area contributed by atoms with Crippen LogP contribution < -0.4 is 10.2 Å². The zero-order chi connectivity index (χ0) is 21.1. The number of piperazine rings is 1. The molecule has 0 aromatic heterocycles. The summed E-state index contributed by atoms with van der Waals surface area (Å²) in [7, 11) is 0. The summed E-state index contributed by atoms with van der Waals surface area (Å²) in [5, 5.41) is 2.93. The highest BCUT2D eigenvalue weighted by Crippen LogP contribution is 2.24. The molecular weight excluding hydrogens is 362 g/mol. The molecule has 1 aliphatic rings. The van der Waals surface area contributed by atoms with E-state index in [1.807, 2.05) is 32.9 Å². The van der Waals surface area contributed by atoms with Crippen molar-refractivity contribution >= 4 is 23.2 Å². The number of nitrogens with zero attached hydrogens (tertiary/aromatic N) is 2. The van der Waals surface area contributed by atoms with Crippen LogP contribution in [0.1, 0.15) is 34.2 Å². The number of hydrogen-bond acceptors (Lipinski definition) is 3. The largest absolute Gasteiger partial charge is 0.368 e. The van der Waals surface area contributed by atoms with Crippen LogP contribution in [0.15, 0.2) is 30.3 Å². The fourth-order valence-electron chi connectivity index (χ4n) is 4.08. The summed E-state index contributed by atoms with van der Waals surface area (Å²) in [6, 6.07) is 10.4. The zero-order valence-electron chi connectivity index (χ0n) is 18.1. The summed E-state index contributed by atoms with van der Waals surface area (Å²) < 4.78 is 0. The van der Waals surface area contributed by atoms with E-state index in [2.05, 4.69) is 42.3 Å². The molecule has 1 saturated heterocycles. The Kier molecular flexibility index (Phi) is 6.26. The van der Waals surface area contributed by atoms with Gasteiger partial charge in [0.25, 0.3) is 0 Å². The zero-order valence-corrected chi connectivity index (χ0v) is 18.1. The molecule has 1 aliphatic heterocycles. The molecule has 1 N–H and O–H groups in total. The molecule has 1 fully saturated rings. The predicted molar refractivity (Wildman–Crippen MR) is 119 cm³/mol. The van der Waals surface area contributed by atoms with Crippen LogP contribution in [0.5, 0.6) is 0 Å². The fraction of sp³-hybridized carbons (Fsp3) is 0.417. The van der Waals surface area contributed by atoms with Gasteiger partial charge in [-0.05, 0) is 62.9 Å². The number of nitrogens with one attached hydrogen (secondary N) is 1. The molecule has 2 aromatic rings. The Morgan fingerprint density at radius 2 is 1.52 bits per heavy atom. The molecule has 5 nitrogen and oxygen atoms in total. The molecule has 0 aliphatic carbocycles. The molecule has 29 heavy (non-hydrogen) atoms. The fourth-order valence-corrected chi connectivity index (χ4v) is 4.08. The lowest BCUT2D eigenvalue weighted by Crippen LogP contribution is -2.49. The van der Waals surface area contributed by atoms with Crippen LogP contribution in [0.2, 0.25) is 0 Å². The number of carbonyl (C=O) groups excluding carboxylic acids is 2. The maximum Gasteiger partial charge on any atom is 0.233 e. The van der Waals surface area contributed by atoms with Crippen molar-refractivity contribution in [1.82, 2.24) is 4.90 Å². The molecule has 5 heteroatoms. The van der Waals surface area contributed by atoms with Crippen molar-refractivity contribution in [2.24, 2.45) is 0 Å². The van der Waals surface area contributed by atoms with Gasteiger partial charge in [0.15, 0.2) is 0 Å². The van der Waals surface area contributed by atoms with Crippen LogP contribution in [0, 0.1) is 34.6 Å². The van der Waals surface area contributed by atoms with Gasteiger partial charge in [0.2, 0.25) is 11.8 Å². The number of amides is 2. The normalized spacial score (nSPS) is 14.1. The summed E-state index contributed by atoms with van der Waals surface area (Å²) >= 11 is 0. The highest BCUT2D eigenvalue weighted by Gasteiger charge is 2.24. The van der Waals surface area contributed by atoms with E-state index in [0.29, 0.717) is 13.1 Å². The number of hydrogen-bond donors (Lipinski definition) is 1. The van der Waals surface area contributed by atoms with Gasteiger partial charge < -0.3 is 15.1 Å². The van der Waals surface area contributed by atoms with E-state index in [1.165, 1.54) is 16.8 Å². The van der Waals surface area contributed by atoms with E-state index in [4.69, 9.17) is 0 Å². The van der Waals surface area contributed by atoms with E-state index < -0.39 is 0 Å².